The van der Waals surface area contributed by atoms with E-state index >= 15 is 0 Å². The topological polar surface area (TPSA) is 87.7 Å². The Hall–Kier alpha value is -1.30. The minimum absolute atomic E-state index is 0.0333. The van der Waals surface area contributed by atoms with E-state index in [-0.39, 0.29) is 18.4 Å². The summed E-state index contributed by atoms with van der Waals surface area (Å²) in [5.74, 6) is -0.451. The number of rotatable bonds is 12. The van der Waals surface area contributed by atoms with E-state index in [1.807, 2.05) is 13.8 Å². The van der Waals surface area contributed by atoms with Crippen molar-refractivity contribution >= 4 is 12.0 Å². The Morgan fingerprint density at radius 2 is 1.90 bits per heavy atom. The molecule has 0 saturated carbocycles. The highest BCUT2D eigenvalue weighted by Gasteiger charge is 2.15. The lowest BCUT2D eigenvalue weighted by Crippen LogP contribution is -2.40. The van der Waals surface area contributed by atoms with Gasteiger partial charge in [0, 0.05) is 26.1 Å². The number of aliphatic carboxylic acids is 1. The summed E-state index contributed by atoms with van der Waals surface area (Å²) in [6.45, 7) is 8.24. The summed E-state index contributed by atoms with van der Waals surface area (Å²) in [7, 11) is 0. The van der Waals surface area contributed by atoms with Crippen LogP contribution in [0.25, 0.3) is 0 Å². The molecule has 6 nitrogen and oxygen atoms in total. The lowest BCUT2D eigenvalue weighted by atomic mass is 9.94. The average Bonchev–Trinajstić information content (AvgIpc) is 2.38. The van der Waals surface area contributed by atoms with Crippen LogP contribution in [0.15, 0.2) is 0 Å². The van der Waals surface area contributed by atoms with E-state index in [1.54, 1.807) is 0 Å². The van der Waals surface area contributed by atoms with Crippen LogP contribution in [0, 0.1) is 11.8 Å². The maximum atomic E-state index is 11.6. The smallest absolute Gasteiger partial charge is 0.314 e. The molecule has 0 aliphatic rings. The van der Waals surface area contributed by atoms with Gasteiger partial charge in [0.1, 0.15) is 0 Å². The molecule has 0 heterocycles. The summed E-state index contributed by atoms with van der Waals surface area (Å²) in [5, 5.41) is 14.3. The predicted octanol–water partition coefficient (Wildman–Crippen LogP) is 2.24. The first-order valence-corrected chi connectivity index (χ1v) is 7.76. The molecule has 1 atom stereocenters. The van der Waals surface area contributed by atoms with Gasteiger partial charge in [-0.05, 0) is 24.7 Å². The molecule has 2 amide bonds. The molecule has 0 aromatic rings. The maximum Gasteiger partial charge on any atom is 0.314 e. The fourth-order valence-electron chi connectivity index (χ4n) is 2.04. The third kappa shape index (κ3) is 13.4. The monoisotopic (exact) mass is 302 g/mol. The van der Waals surface area contributed by atoms with Crippen molar-refractivity contribution in [1.82, 2.24) is 10.6 Å². The normalized spacial score (nSPS) is 12.2. The van der Waals surface area contributed by atoms with Crippen molar-refractivity contribution < 1.29 is 19.4 Å². The summed E-state index contributed by atoms with van der Waals surface area (Å²) < 4.78 is 5.34. The van der Waals surface area contributed by atoms with Crippen LogP contribution in [0.4, 0.5) is 4.79 Å². The first-order chi connectivity index (χ1) is 9.95. The molecular weight excluding hydrogens is 272 g/mol. The van der Waals surface area contributed by atoms with Gasteiger partial charge < -0.3 is 20.5 Å². The first kappa shape index (κ1) is 19.7. The Bertz CT molecular complexity index is 295. The van der Waals surface area contributed by atoms with Crippen LogP contribution in [0.2, 0.25) is 0 Å². The minimum Gasteiger partial charge on any atom is -0.481 e. The van der Waals surface area contributed by atoms with E-state index in [1.165, 1.54) is 0 Å². The molecule has 0 aromatic heterocycles. The number of ether oxygens (including phenoxy) is 1. The van der Waals surface area contributed by atoms with Crippen LogP contribution in [0.1, 0.15) is 46.5 Å². The van der Waals surface area contributed by atoms with Crippen molar-refractivity contribution in [2.45, 2.75) is 46.5 Å². The molecule has 6 heteroatoms. The van der Waals surface area contributed by atoms with Crippen molar-refractivity contribution in [3.05, 3.63) is 0 Å². The largest absolute Gasteiger partial charge is 0.481 e. The molecule has 0 spiro atoms. The van der Waals surface area contributed by atoms with Crippen molar-refractivity contribution in [3.8, 4) is 0 Å². The number of carbonyl (C=O) groups is 2. The van der Waals surface area contributed by atoms with Crippen molar-refractivity contribution in [2.75, 3.05) is 26.3 Å². The molecule has 0 aromatic carbocycles. The third-order valence-corrected chi connectivity index (χ3v) is 2.99. The summed E-state index contributed by atoms with van der Waals surface area (Å²) in [4.78, 5) is 22.4. The van der Waals surface area contributed by atoms with Gasteiger partial charge in [-0.1, -0.05) is 27.2 Å². The van der Waals surface area contributed by atoms with E-state index in [9.17, 15) is 9.59 Å². The zero-order chi connectivity index (χ0) is 16.1. The number of carboxylic acids is 1. The van der Waals surface area contributed by atoms with E-state index in [4.69, 9.17) is 9.84 Å². The van der Waals surface area contributed by atoms with E-state index < -0.39 is 5.97 Å². The number of unbranched alkanes of at least 4 members (excludes halogenated alkanes) is 1. The van der Waals surface area contributed by atoms with Crippen LogP contribution in [0.5, 0.6) is 0 Å². The minimum atomic E-state index is -0.827. The molecule has 0 fully saturated rings. The molecule has 0 aliphatic carbocycles. The molecule has 0 aliphatic heterocycles. The number of carbonyl (C=O) groups excluding carboxylic acids is 1. The Balaban J connectivity index is 3.78. The molecule has 3 N–H and O–H groups in total. The van der Waals surface area contributed by atoms with Gasteiger partial charge in [0.15, 0.2) is 0 Å². The molecular formula is C15H30N2O4. The molecule has 124 valence electrons. The van der Waals surface area contributed by atoms with Crippen molar-refractivity contribution in [1.29, 1.82) is 0 Å². The van der Waals surface area contributed by atoms with E-state index in [0.717, 1.165) is 25.9 Å². The molecule has 0 radical (unpaired) electrons. The van der Waals surface area contributed by atoms with Gasteiger partial charge >= 0.3 is 12.0 Å². The third-order valence-electron chi connectivity index (χ3n) is 2.99. The van der Waals surface area contributed by atoms with Crippen LogP contribution in [0.3, 0.4) is 0 Å². The molecule has 21 heavy (non-hydrogen) atoms. The van der Waals surface area contributed by atoms with Gasteiger partial charge in [0.2, 0.25) is 0 Å². The summed E-state index contributed by atoms with van der Waals surface area (Å²) in [6.07, 6.45) is 2.98. The fraction of sp³-hybridized carbons (Fsp3) is 0.867. The predicted molar refractivity (Wildman–Crippen MR) is 82.3 cm³/mol. The molecule has 0 rings (SSSR count). The average molecular weight is 302 g/mol. The standard InChI is InChI=1S/C15H30N2O4/c1-4-5-7-21-8-6-16-15(20)17-11-13(9-12(2)3)10-14(18)19/h12-13H,4-11H2,1-3H3,(H,18,19)(H2,16,17,20). The Labute approximate surface area is 127 Å². The molecule has 0 saturated heterocycles. The Morgan fingerprint density at radius 1 is 1.19 bits per heavy atom. The van der Waals surface area contributed by atoms with Crippen LogP contribution < -0.4 is 10.6 Å². The zero-order valence-electron chi connectivity index (χ0n) is 13.5. The van der Waals surface area contributed by atoms with Crippen LogP contribution in [-0.4, -0.2) is 43.4 Å². The van der Waals surface area contributed by atoms with E-state index in [0.29, 0.717) is 25.6 Å². The van der Waals surface area contributed by atoms with Gasteiger partial charge in [-0.25, -0.2) is 4.79 Å². The van der Waals surface area contributed by atoms with Crippen LogP contribution >= 0.6 is 0 Å². The summed E-state index contributed by atoms with van der Waals surface area (Å²) in [5.41, 5.74) is 0. The van der Waals surface area contributed by atoms with Crippen molar-refractivity contribution in [2.24, 2.45) is 11.8 Å². The second kappa shape index (κ2) is 12.4. The highest BCUT2D eigenvalue weighted by molar-refractivity contribution is 5.74. The lowest BCUT2D eigenvalue weighted by Gasteiger charge is -2.18. The number of hydrogen-bond acceptors (Lipinski definition) is 3. The van der Waals surface area contributed by atoms with Gasteiger partial charge in [-0.3, -0.25) is 4.79 Å². The number of nitrogens with one attached hydrogen (secondary N) is 2. The second-order valence-electron chi connectivity index (χ2n) is 5.70. The van der Waals surface area contributed by atoms with Gasteiger partial charge in [0.25, 0.3) is 0 Å². The zero-order valence-corrected chi connectivity index (χ0v) is 13.5. The van der Waals surface area contributed by atoms with Crippen molar-refractivity contribution in [3.63, 3.8) is 0 Å². The second-order valence-corrected chi connectivity index (χ2v) is 5.70. The number of carboxylic acid groups (broad SMARTS) is 1. The highest BCUT2D eigenvalue weighted by Crippen LogP contribution is 2.14. The Kier molecular flexibility index (Phi) is 11.7. The number of hydrogen-bond donors (Lipinski definition) is 3. The van der Waals surface area contributed by atoms with Gasteiger partial charge in [-0.15, -0.1) is 0 Å². The van der Waals surface area contributed by atoms with Gasteiger partial charge in [0.05, 0.1) is 6.61 Å². The Morgan fingerprint density at radius 3 is 2.48 bits per heavy atom. The first-order valence-electron chi connectivity index (χ1n) is 7.76. The summed E-state index contributed by atoms with van der Waals surface area (Å²) >= 11 is 0. The van der Waals surface area contributed by atoms with Gasteiger partial charge in [-0.2, -0.15) is 0 Å². The fourth-order valence-corrected chi connectivity index (χ4v) is 2.04. The maximum absolute atomic E-state index is 11.6. The number of amides is 2. The quantitative estimate of drug-likeness (QED) is 0.482. The van der Waals surface area contributed by atoms with Crippen LogP contribution in [-0.2, 0) is 9.53 Å². The number of urea groups is 1. The molecule has 0 bridgehead atoms. The lowest BCUT2D eigenvalue weighted by molar-refractivity contribution is -0.138. The molecule has 1 unspecified atom stereocenters. The highest BCUT2D eigenvalue weighted by atomic mass is 16.5. The van der Waals surface area contributed by atoms with E-state index in [2.05, 4.69) is 17.6 Å². The summed E-state index contributed by atoms with van der Waals surface area (Å²) in [6, 6.07) is -0.270. The SMILES string of the molecule is CCCCOCCNC(=O)NCC(CC(=O)O)CC(C)C.